The molecule has 2 aromatic rings. The Kier molecular flexibility index (Phi) is 4.42. The van der Waals surface area contributed by atoms with Crippen LogP contribution >= 0.6 is 11.3 Å². The molecule has 0 saturated carbocycles. The first kappa shape index (κ1) is 14.6. The fourth-order valence-corrected chi connectivity index (χ4v) is 2.86. The lowest BCUT2D eigenvalue weighted by Crippen LogP contribution is -2.24. The third kappa shape index (κ3) is 3.18. The maximum absolute atomic E-state index is 11.0. The zero-order valence-corrected chi connectivity index (χ0v) is 12.4. The maximum atomic E-state index is 11.0. The molecule has 0 radical (unpaired) electrons. The molecule has 1 atom stereocenters. The van der Waals surface area contributed by atoms with Crippen LogP contribution in [0.3, 0.4) is 0 Å². The van der Waals surface area contributed by atoms with Crippen molar-refractivity contribution in [2.24, 2.45) is 5.73 Å². The van der Waals surface area contributed by atoms with Crippen LogP contribution in [0.4, 0.5) is 4.79 Å². The summed E-state index contributed by atoms with van der Waals surface area (Å²) in [5.74, 6) is 0. The second-order valence-corrected chi connectivity index (χ2v) is 5.77. The van der Waals surface area contributed by atoms with Gasteiger partial charge in [-0.2, -0.15) is 0 Å². The number of amides is 1. The van der Waals surface area contributed by atoms with Gasteiger partial charge in [-0.25, -0.2) is 4.79 Å². The summed E-state index contributed by atoms with van der Waals surface area (Å²) in [6, 6.07) is 9.95. The van der Waals surface area contributed by atoms with E-state index in [1.165, 1.54) is 4.90 Å². The van der Waals surface area contributed by atoms with Gasteiger partial charge in [0, 0.05) is 24.5 Å². The first-order chi connectivity index (χ1) is 9.49. The van der Waals surface area contributed by atoms with Crippen molar-refractivity contribution in [2.45, 2.75) is 19.5 Å². The predicted molar refractivity (Wildman–Crippen MR) is 81.8 cm³/mol. The van der Waals surface area contributed by atoms with E-state index < -0.39 is 6.09 Å². The number of carbonyl (C=O) groups is 1. The summed E-state index contributed by atoms with van der Waals surface area (Å²) in [7, 11) is 1.57. The molecule has 0 aliphatic heterocycles. The highest BCUT2D eigenvalue weighted by atomic mass is 32.1. The van der Waals surface area contributed by atoms with Crippen LogP contribution < -0.4 is 5.73 Å². The van der Waals surface area contributed by atoms with Crippen molar-refractivity contribution >= 4 is 17.4 Å². The third-order valence-electron chi connectivity index (χ3n) is 3.13. The summed E-state index contributed by atoms with van der Waals surface area (Å²) in [5, 5.41) is 11.1. The van der Waals surface area contributed by atoms with Crippen LogP contribution in [0.1, 0.15) is 23.4 Å². The Morgan fingerprint density at radius 1 is 1.45 bits per heavy atom. The van der Waals surface area contributed by atoms with E-state index in [9.17, 15) is 4.79 Å². The van der Waals surface area contributed by atoms with E-state index in [2.05, 4.69) is 11.4 Å². The normalized spacial score (nSPS) is 12.2. The van der Waals surface area contributed by atoms with Gasteiger partial charge < -0.3 is 15.7 Å². The van der Waals surface area contributed by atoms with Crippen LogP contribution in [0.2, 0.25) is 0 Å². The van der Waals surface area contributed by atoms with Crippen molar-refractivity contribution in [3.63, 3.8) is 0 Å². The Labute approximate surface area is 122 Å². The van der Waals surface area contributed by atoms with Crippen molar-refractivity contribution in [2.75, 3.05) is 7.05 Å². The van der Waals surface area contributed by atoms with E-state index in [4.69, 9.17) is 10.8 Å². The van der Waals surface area contributed by atoms with Crippen LogP contribution in [-0.2, 0) is 6.54 Å². The number of nitrogens with zero attached hydrogens (tertiary/aromatic N) is 1. The van der Waals surface area contributed by atoms with Gasteiger partial charge in [-0.3, -0.25) is 0 Å². The molecule has 4 nitrogen and oxygen atoms in total. The summed E-state index contributed by atoms with van der Waals surface area (Å²) < 4.78 is 0. The standard InChI is InChI=1S/C15H18N2O2S/c1-10(16)14-7-12(9-20-14)13-6-4-3-5-11(13)8-17(2)15(18)19/h3-7,9-10H,8,16H2,1-2H3,(H,18,19). The first-order valence-corrected chi connectivity index (χ1v) is 7.23. The lowest BCUT2D eigenvalue weighted by molar-refractivity contribution is 0.154. The van der Waals surface area contributed by atoms with Crippen LogP contribution in [0.25, 0.3) is 11.1 Å². The third-order valence-corrected chi connectivity index (χ3v) is 4.26. The molecular formula is C15H18N2O2S. The van der Waals surface area contributed by atoms with Crippen molar-refractivity contribution in [1.82, 2.24) is 4.90 Å². The molecule has 0 aliphatic rings. The molecule has 1 heterocycles. The molecule has 1 aromatic heterocycles. The molecule has 3 N–H and O–H groups in total. The minimum absolute atomic E-state index is 0.0163. The largest absolute Gasteiger partial charge is 0.465 e. The topological polar surface area (TPSA) is 66.6 Å². The van der Waals surface area contributed by atoms with Crippen molar-refractivity contribution in [3.05, 3.63) is 46.2 Å². The molecule has 106 valence electrons. The molecule has 2 rings (SSSR count). The van der Waals surface area contributed by atoms with E-state index in [-0.39, 0.29) is 6.04 Å². The molecule has 5 heteroatoms. The smallest absolute Gasteiger partial charge is 0.407 e. The molecule has 20 heavy (non-hydrogen) atoms. The second-order valence-electron chi connectivity index (χ2n) is 4.82. The SMILES string of the molecule is CC(N)c1cc(-c2ccccc2CN(C)C(=O)O)cs1. The first-order valence-electron chi connectivity index (χ1n) is 6.35. The molecule has 0 fully saturated rings. The number of hydrogen-bond donors (Lipinski definition) is 2. The minimum Gasteiger partial charge on any atom is -0.465 e. The molecule has 0 saturated heterocycles. The molecule has 1 unspecified atom stereocenters. The molecular weight excluding hydrogens is 272 g/mol. The van der Waals surface area contributed by atoms with E-state index in [0.717, 1.165) is 21.6 Å². The molecule has 1 amide bonds. The summed E-state index contributed by atoms with van der Waals surface area (Å²) in [6.07, 6.45) is -0.929. The van der Waals surface area contributed by atoms with Gasteiger partial charge in [0.2, 0.25) is 0 Å². The predicted octanol–water partition coefficient (Wildman–Crippen LogP) is 3.54. The van der Waals surface area contributed by atoms with Crippen molar-refractivity contribution < 1.29 is 9.90 Å². The summed E-state index contributed by atoms with van der Waals surface area (Å²) in [4.78, 5) is 13.4. The lowest BCUT2D eigenvalue weighted by atomic mass is 10.0. The number of benzene rings is 1. The quantitative estimate of drug-likeness (QED) is 0.905. The molecule has 0 spiro atoms. The van der Waals surface area contributed by atoms with E-state index in [1.54, 1.807) is 18.4 Å². The maximum Gasteiger partial charge on any atom is 0.407 e. The summed E-state index contributed by atoms with van der Waals surface area (Å²) >= 11 is 1.63. The highest BCUT2D eigenvalue weighted by Crippen LogP contribution is 2.31. The zero-order valence-electron chi connectivity index (χ0n) is 11.5. The van der Waals surface area contributed by atoms with Crippen molar-refractivity contribution in [1.29, 1.82) is 0 Å². The Morgan fingerprint density at radius 3 is 2.75 bits per heavy atom. The number of hydrogen-bond acceptors (Lipinski definition) is 3. The summed E-state index contributed by atoms with van der Waals surface area (Å²) in [5.41, 5.74) is 9.03. The van der Waals surface area contributed by atoms with Gasteiger partial charge >= 0.3 is 6.09 Å². The average molecular weight is 290 g/mol. The highest BCUT2D eigenvalue weighted by Gasteiger charge is 2.12. The number of carboxylic acid groups (broad SMARTS) is 1. The van der Waals surface area contributed by atoms with Crippen molar-refractivity contribution in [3.8, 4) is 11.1 Å². The summed E-state index contributed by atoms with van der Waals surface area (Å²) in [6.45, 7) is 2.33. The fourth-order valence-electron chi connectivity index (χ4n) is 2.00. The Morgan fingerprint density at radius 2 is 2.15 bits per heavy atom. The zero-order chi connectivity index (χ0) is 14.7. The Hall–Kier alpha value is -1.85. The van der Waals surface area contributed by atoms with Crippen LogP contribution in [0.5, 0.6) is 0 Å². The van der Waals surface area contributed by atoms with Gasteiger partial charge in [-0.05, 0) is 35.1 Å². The molecule has 0 aliphatic carbocycles. The van der Waals surface area contributed by atoms with Gasteiger partial charge in [-0.1, -0.05) is 24.3 Å². The second kappa shape index (κ2) is 6.07. The Bertz CT molecular complexity index is 607. The van der Waals surface area contributed by atoms with E-state index in [1.807, 2.05) is 31.2 Å². The van der Waals surface area contributed by atoms with Gasteiger partial charge in [-0.15, -0.1) is 11.3 Å². The number of nitrogens with two attached hydrogens (primary N) is 1. The number of rotatable bonds is 4. The van der Waals surface area contributed by atoms with Crippen LogP contribution in [0, 0.1) is 0 Å². The monoisotopic (exact) mass is 290 g/mol. The molecule has 1 aromatic carbocycles. The van der Waals surface area contributed by atoms with E-state index >= 15 is 0 Å². The molecule has 0 bridgehead atoms. The van der Waals surface area contributed by atoms with E-state index in [0.29, 0.717) is 6.54 Å². The van der Waals surface area contributed by atoms with Gasteiger partial charge in [0.25, 0.3) is 0 Å². The van der Waals surface area contributed by atoms with Gasteiger partial charge in [0.15, 0.2) is 0 Å². The average Bonchev–Trinajstić information content (AvgIpc) is 2.88. The van der Waals surface area contributed by atoms with Crippen LogP contribution in [0.15, 0.2) is 35.7 Å². The van der Waals surface area contributed by atoms with Gasteiger partial charge in [0.05, 0.1) is 0 Å². The number of thiophene rings is 1. The Balaban J connectivity index is 2.33. The van der Waals surface area contributed by atoms with Crippen LogP contribution in [-0.4, -0.2) is 23.1 Å². The van der Waals surface area contributed by atoms with Gasteiger partial charge in [0.1, 0.15) is 0 Å². The highest BCUT2D eigenvalue weighted by molar-refractivity contribution is 7.10. The lowest BCUT2D eigenvalue weighted by Gasteiger charge is -2.15. The fraction of sp³-hybridized carbons (Fsp3) is 0.267. The minimum atomic E-state index is -0.929.